The van der Waals surface area contributed by atoms with E-state index in [1.807, 2.05) is 0 Å². The van der Waals surface area contributed by atoms with Crippen LogP contribution >= 0.6 is 0 Å². The van der Waals surface area contributed by atoms with Gasteiger partial charge in [0.05, 0.1) is 0 Å². The highest BCUT2D eigenvalue weighted by molar-refractivity contribution is 5.03. The zero-order valence-electron chi connectivity index (χ0n) is 6.77. The van der Waals surface area contributed by atoms with Crippen molar-refractivity contribution in [1.29, 1.82) is 0 Å². The van der Waals surface area contributed by atoms with Crippen molar-refractivity contribution in [2.45, 2.75) is 45.1 Å². The molecule has 0 aromatic heterocycles. The summed E-state index contributed by atoms with van der Waals surface area (Å²) in [7, 11) is 0. The Balaban J connectivity index is 2.40. The van der Waals surface area contributed by atoms with Gasteiger partial charge in [0.15, 0.2) is 0 Å². The van der Waals surface area contributed by atoms with Crippen LogP contribution in [0.2, 0.25) is 0 Å². The Morgan fingerprint density at radius 1 is 1.60 bits per heavy atom. The van der Waals surface area contributed by atoms with Gasteiger partial charge in [-0.1, -0.05) is 18.6 Å². The lowest BCUT2D eigenvalue weighted by Gasteiger charge is -2.05. The zero-order chi connectivity index (χ0) is 7.40. The van der Waals surface area contributed by atoms with Crippen LogP contribution < -0.4 is 5.73 Å². The number of rotatable bonds is 1. The first kappa shape index (κ1) is 7.80. The van der Waals surface area contributed by atoms with Gasteiger partial charge in [-0.25, -0.2) is 0 Å². The lowest BCUT2D eigenvalue weighted by molar-refractivity contribution is 0.587. The maximum atomic E-state index is 5.82. The lowest BCUT2D eigenvalue weighted by Crippen LogP contribution is -2.18. The Morgan fingerprint density at radius 2 is 2.40 bits per heavy atom. The van der Waals surface area contributed by atoms with Gasteiger partial charge < -0.3 is 5.73 Å². The molecule has 0 aromatic carbocycles. The summed E-state index contributed by atoms with van der Waals surface area (Å²) in [5.74, 6) is 0. The standard InChI is InChI=1S/C9H17N/c1-2-8-4-3-5-9(10)7-6-8/h4,9H,2-3,5-7,10H2,1H3. The number of nitrogens with two attached hydrogens (primary N) is 1. The first-order valence-electron chi connectivity index (χ1n) is 4.26. The topological polar surface area (TPSA) is 26.0 Å². The predicted molar refractivity (Wildman–Crippen MR) is 44.8 cm³/mol. The summed E-state index contributed by atoms with van der Waals surface area (Å²) in [6.07, 6.45) is 8.39. The fraction of sp³-hybridized carbons (Fsp3) is 0.778. The summed E-state index contributed by atoms with van der Waals surface area (Å²) in [5, 5.41) is 0. The zero-order valence-corrected chi connectivity index (χ0v) is 6.77. The molecule has 58 valence electrons. The van der Waals surface area contributed by atoms with Gasteiger partial charge in [-0.3, -0.25) is 0 Å². The Labute approximate surface area is 63.3 Å². The van der Waals surface area contributed by atoms with Gasteiger partial charge in [0.25, 0.3) is 0 Å². The second-order valence-electron chi connectivity index (χ2n) is 3.09. The van der Waals surface area contributed by atoms with Gasteiger partial charge in [-0.05, 0) is 32.1 Å². The Hall–Kier alpha value is -0.300. The van der Waals surface area contributed by atoms with Gasteiger partial charge in [0.2, 0.25) is 0 Å². The summed E-state index contributed by atoms with van der Waals surface area (Å²) >= 11 is 0. The van der Waals surface area contributed by atoms with E-state index >= 15 is 0 Å². The predicted octanol–water partition coefficient (Wildman–Crippen LogP) is 2.22. The minimum Gasteiger partial charge on any atom is -0.328 e. The fourth-order valence-electron chi connectivity index (χ4n) is 1.44. The SMILES string of the molecule is CCC1=CCCC(N)CC1. The van der Waals surface area contributed by atoms with Gasteiger partial charge in [0.1, 0.15) is 0 Å². The Kier molecular flexibility index (Phi) is 2.94. The summed E-state index contributed by atoms with van der Waals surface area (Å²) in [4.78, 5) is 0. The van der Waals surface area contributed by atoms with Crippen LogP contribution in [0.25, 0.3) is 0 Å². The normalized spacial score (nSPS) is 27.4. The van der Waals surface area contributed by atoms with Gasteiger partial charge in [0, 0.05) is 6.04 Å². The highest BCUT2D eigenvalue weighted by Crippen LogP contribution is 2.18. The van der Waals surface area contributed by atoms with Crippen LogP contribution in [0.1, 0.15) is 39.0 Å². The Morgan fingerprint density at radius 3 is 3.10 bits per heavy atom. The highest BCUT2D eigenvalue weighted by Gasteiger charge is 2.06. The van der Waals surface area contributed by atoms with Crippen molar-refractivity contribution in [3.05, 3.63) is 11.6 Å². The van der Waals surface area contributed by atoms with E-state index in [9.17, 15) is 0 Å². The number of hydrogen-bond acceptors (Lipinski definition) is 1. The molecule has 0 saturated heterocycles. The molecule has 0 aliphatic heterocycles. The average Bonchev–Trinajstić information content (AvgIpc) is 2.14. The van der Waals surface area contributed by atoms with Crippen LogP contribution in [0.5, 0.6) is 0 Å². The van der Waals surface area contributed by atoms with Crippen molar-refractivity contribution in [2.24, 2.45) is 5.73 Å². The minimum absolute atomic E-state index is 0.459. The molecule has 0 spiro atoms. The first-order valence-corrected chi connectivity index (χ1v) is 4.26. The summed E-state index contributed by atoms with van der Waals surface area (Å²) in [6, 6.07) is 0.459. The average molecular weight is 139 g/mol. The third kappa shape index (κ3) is 2.14. The molecule has 0 radical (unpaired) electrons. The van der Waals surface area contributed by atoms with E-state index in [0.717, 1.165) is 0 Å². The van der Waals surface area contributed by atoms with E-state index < -0.39 is 0 Å². The van der Waals surface area contributed by atoms with Gasteiger partial charge in [-0.2, -0.15) is 0 Å². The molecule has 1 unspecified atom stereocenters. The summed E-state index contributed by atoms with van der Waals surface area (Å²) in [5.41, 5.74) is 7.42. The van der Waals surface area contributed by atoms with Crippen LogP contribution in [0.15, 0.2) is 11.6 Å². The van der Waals surface area contributed by atoms with Crippen molar-refractivity contribution in [1.82, 2.24) is 0 Å². The molecule has 1 heteroatoms. The third-order valence-corrected chi connectivity index (χ3v) is 2.26. The van der Waals surface area contributed by atoms with Crippen molar-refractivity contribution in [3.8, 4) is 0 Å². The van der Waals surface area contributed by atoms with Crippen LogP contribution in [-0.4, -0.2) is 6.04 Å². The van der Waals surface area contributed by atoms with E-state index in [-0.39, 0.29) is 0 Å². The molecule has 1 aliphatic rings. The van der Waals surface area contributed by atoms with Crippen molar-refractivity contribution in [3.63, 3.8) is 0 Å². The largest absolute Gasteiger partial charge is 0.328 e. The molecule has 10 heavy (non-hydrogen) atoms. The molecule has 0 bridgehead atoms. The molecule has 0 heterocycles. The third-order valence-electron chi connectivity index (χ3n) is 2.26. The molecular weight excluding hydrogens is 122 g/mol. The van der Waals surface area contributed by atoms with Crippen LogP contribution in [0.3, 0.4) is 0 Å². The van der Waals surface area contributed by atoms with Crippen LogP contribution in [-0.2, 0) is 0 Å². The monoisotopic (exact) mass is 139 g/mol. The minimum atomic E-state index is 0.459. The number of allylic oxidation sites excluding steroid dienone is 2. The second-order valence-corrected chi connectivity index (χ2v) is 3.09. The van der Waals surface area contributed by atoms with Gasteiger partial charge in [-0.15, -0.1) is 0 Å². The van der Waals surface area contributed by atoms with E-state index in [4.69, 9.17) is 5.73 Å². The molecule has 0 amide bonds. The van der Waals surface area contributed by atoms with Crippen molar-refractivity contribution in [2.75, 3.05) is 0 Å². The first-order chi connectivity index (χ1) is 4.83. The number of hydrogen-bond donors (Lipinski definition) is 1. The van der Waals surface area contributed by atoms with E-state index in [0.29, 0.717) is 6.04 Å². The van der Waals surface area contributed by atoms with E-state index in [1.165, 1.54) is 32.1 Å². The highest BCUT2D eigenvalue weighted by atomic mass is 14.6. The van der Waals surface area contributed by atoms with Crippen LogP contribution in [0, 0.1) is 0 Å². The molecular formula is C9H17N. The molecule has 1 aliphatic carbocycles. The lowest BCUT2D eigenvalue weighted by atomic mass is 10.1. The maximum Gasteiger partial charge on any atom is 0.00448 e. The van der Waals surface area contributed by atoms with Crippen molar-refractivity contribution < 1.29 is 0 Å². The van der Waals surface area contributed by atoms with Crippen molar-refractivity contribution >= 4 is 0 Å². The smallest absolute Gasteiger partial charge is 0.00448 e. The molecule has 1 nitrogen and oxygen atoms in total. The molecule has 1 rings (SSSR count). The maximum absolute atomic E-state index is 5.82. The molecule has 0 aromatic rings. The van der Waals surface area contributed by atoms with E-state index in [1.54, 1.807) is 5.57 Å². The molecule has 0 fully saturated rings. The molecule has 0 saturated carbocycles. The van der Waals surface area contributed by atoms with E-state index in [2.05, 4.69) is 13.0 Å². The molecule has 1 atom stereocenters. The molecule has 2 N–H and O–H groups in total. The summed E-state index contributed by atoms with van der Waals surface area (Å²) in [6.45, 7) is 2.22. The fourth-order valence-corrected chi connectivity index (χ4v) is 1.44. The Bertz CT molecular complexity index is 127. The van der Waals surface area contributed by atoms with Gasteiger partial charge >= 0.3 is 0 Å². The second kappa shape index (κ2) is 3.77. The quantitative estimate of drug-likeness (QED) is 0.554. The van der Waals surface area contributed by atoms with Crippen LogP contribution in [0.4, 0.5) is 0 Å². The summed E-state index contributed by atoms with van der Waals surface area (Å²) < 4.78 is 0.